The minimum absolute atomic E-state index is 0.656. The lowest BCUT2D eigenvalue weighted by Gasteiger charge is -2.06. The Bertz CT molecular complexity index is 431. The molecule has 0 saturated carbocycles. The molecule has 0 N–H and O–H groups in total. The molecule has 0 aliphatic carbocycles. The Labute approximate surface area is 89.3 Å². The number of hydrogen-bond donors (Lipinski definition) is 0. The average molecular weight is 202 g/mol. The highest BCUT2D eigenvalue weighted by Crippen LogP contribution is 2.09. The van der Waals surface area contributed by atoms with Crippen LogP contribution >= 0.6 is 0 Å². The van der Waals surface area contributed by atoms with Crippen molar-refractivity contribution in [2.24, 2.45) is 0 Å². The fourth-order valence-corrected chi connectivity index (χ4v) is 1.50. The first-order chi connectivity index (χ1) is 7.29. The summed E-state index contributed by atoms with van der Waals surface area (Å²) in [5, 5.41) is 0. The van der Waals surface area contributed by atoms with E-state index >= 15 is 0 Å². The maximum Gasteiger partial charge on any atom is 0.212 e. The number of rotatable bonds is 3. The normalized spacial score (nSPS) is 10.3. The van der Waals surface area contributed by atoms with Gasteiger partial charge in [-0.15, -0.1) is 0 Å². The molecule has 0 unspecified atom stereocenters. The zero-order chi connectivity index (χ0) is 10.7. The Morgan fingerprint density at radius 1 is 1.33 bits per heavy atom. The van der Waals surface area contributed by atoms with Gasteiger partial charge >= 0.3 is 0 Å². The van der Waals surface area contributed by atoms with E-state index in [0.29, 0.717) is 5.88 Å². The van der Waals surface area contributed by atoms with Crippen LogP contribution in [-0.2, 0) is 6.54 Å². The molecule has 78 valence electrons. The van der Waals surface area contributed by atoms with Gasteiger partial charge in [0, 0.05) is 30.7 Å². The van der Waals surface area contributed by atoms with E-state index in [9.17, 15) is 0 Å². The molecule has 0 atom stereocenters. The van der Waals surface area contributed by atoms with Crippen molar-refractivity contribution in [2.45, 2.75) is 13.5 Å². The van der Waals surface area contributed by atoms with E-state index in [0.717, 1.165) is 6.54 Å². The second kappa shape index (κ2) is 4.17. The van der Waals surface area contributed by atoms with Crippen molar-refractivity contribution in [3.63, 3.8) is 0 Å². The predicted molar refractivity (Wildman–Crippen MR) is 59.1 cm³/mol. The van der Waals surface area contributed by atoms with Crippen LogP contribution in [0.15, 0.2) is 36.7 Å². The highest BCUT2D eigenvalue weighted by molar-refractivity contribution is 5.19. The third kappa shape index (κ3) is 2.18. The number of ether oxygens (including phenoxy) is 1. The Balaban J connectivity index is 2.14. The second-order valence-corrected chi connectivity index (χ2v) is 3.49. The van der Waals surface area contributed by atoms with Crippen molar-refractivity contribution in [1.29, 1.82) is 0 Å². The zero-order valence-electron chi connectivity index (χ0n) is 8.97. The molecule has 2 rings (SSSR count). The summed E-state index contributed by atoms with van der Waals surface area (Å²) in [5.41, 5.74) is 2.43. The standard InChI is InChI=1S/C12H14N2O/c1-10-4-3-7-14(10)9-11-5-6-12(15-2)13-8-11/h3-8H,9H2,1-2H3. The minimum atomic E-state index is 0.656. The summed E-state index contributed by atoms with van der Waals surface area (Å²) in [6.07, 6.45) is 3.91. The van der Waals surface area contributed by atoms with Crippen LogP contribution < -0.4 is 4.74 Å². The predicted octanol–water partition coefficient (Wildman–Crippen LogP) is 2.25. The molecular formula is C12H14N2O. The lowest BCUT2D eigenvalue weighted by atomic mass is 10.3. The first-order valence-corrected chi connectivity index (χ1v) is 4.90. The van der Waals surface area contributed by atoms with E-state index in [4.69, 9.17) is 4.74 Å². The maximum absolute atomic E-state index is 5.01. The van der Waals surface area contributed by atoms with Gasteiger partial charge in [0.2, 0.25) is 5.88 Å². The molecular weight excluding hydrogens is 188 g/mol. The molecule has 0 saturated heterocycles. The second-order valence-electron chi connectivity index (χ2n) is 3.49. The molecule has 2 heterocycles. The fourth-order valence-electron chi connectivity index (χ4n) is 1.50. The molecule has 3 heteroatoms. The van der Waals surface area contributed by atoms with Gasteiger partial charge in [-0.05, 0) is 24.6 Å². The molecule has 0 radical (unpaired) electrons. The van der Waals surface area contributed by atoms with Crippen LogP contribution in [0.25, 0.3) is 0 Å². The third-order valence-electron chi connectivity index (χ3n) is 2.42. The van der Waals surface area contributed by atoms with Crippen LogP contribution in [0, 0.1) is 6.92 Å². The van der Waals surface area contributed by atoms with Gasteiger partial charge in [0.05, 0.1) is 7.11 Å². The van der Waals surface area contributed by atoms with Gasteiger partial charge in [0.15, 0.2) is 0 Å². The van der Waals surface area contributed by atoms with Gasteiger partial charge in [-0.25, -0.2) is 4.98 Å². The molecule has 0 spiro atoms. The number of hydrogen-bond acceptors (Lipinski definition) is 2. The van der Waals surface area contributed by atoms with E-state index < -0.39 is 0 Å². The highest BCUT2D eigenvalue weighted by Gasteiger charge is 1.98. The largest absolute Gasteiger partial charge is 0.481 e. The summed E-state index contributed by atoms with van der Waals surface area (Å²) in [4.78, 5) is 4.17. The van der Waals surface area contributed by atoms with E-state index in [-0.39, 0.29) is 0 Å². The van der Waals surface area contributed by atoms with Crippen LogP contribution in [0.1, 0.15) is 11.3 Å². The SMILES string of the molecule is COc1ccc(Cn2cccc2C)cn1. The Morgan fingerprint density at radius 3 is 2.73 bits per heavy atom. The summed E-state index contributed by atoms with van der Waals surface area (Å²) in [6.45, 7) is 2.95. The van der Waals surface area contributed by atoms with Crippen molar-refractivity contribution < 1.29 is 4.74 Å². The quantitative estimate of drug-likeness (QED) is 0.763. The Morgan fingerprint density at radius 2 is 2.20 bits per heavy atom. The molecule has 0 fully saturated rings. The van der Waals surface area contributed by atoms with Crippen LogP contribution in [0.5, 0.6) is 5.88 Å². The number of pyridine rings is 1. The number of aryl methyl sites for hydroxylation is 1. The van der Waals surface area contributed by atoms with Crippen LogP contribution in [0.2, 0.25) is 0 Å². The summed E-state index contributed by atoms with van der Waals surface area (Å²) in [6, 6.07) is 8.06. The zero-order valence-corrected chi connectivity index (χ0v) is 8.97. The fraction of sp³-hybridized carbons (Fsp3) is 0.250. The van der Waals surface area contributed by atoms with Gasteiger partial charge < -0.3 is 9.30 Å². The molecule has 3 nitrogen and oxygen atoms in total. The number of methoxy groups -OCH3 is 1. The molecule has 0 aliphatic heterocycles. The summed E-state index contributed by atoms with van der Waals surface area (Å²) in [7, 11) is 1.62. The molecule has 15 heavy (non-hydrogen) atoms. The highest BCUT2D eigenvalue weighted by atomic mass is 16.5. The molecule has 2 aromatic rings. The van der Waals surface area contributed by atoms with Crippen molar-refractivity contribution in [3.05, 3.63) is 47.9 Å². The van der Waals surface area contributed by atoms with E-state index in [1.54, 1.807) is 7.11 Å². The monoisotopic (exact) mass is 202 g/mol. The summed E-state index contributed by atoms with van der Waals surface area (Å²) < 4.78 is 7.19. The van der Waals surface area contributed by atoms with Gasteiger partial charge in [0.1, 0.15) is 0 Å². The Kier molecular flexibility index (Phi) is 2.72. The molecule has 0 aliphatic rings. The third-order valence-corrected chi connectivity index (χ3v) is 2.42. The smallest absolute Gasteiger partial charge is 0.212 e. The topological polar surface area (TPSA) is 27.1 Å². The minimum Gasteiger partial charge on any atom is -0.481 e. The van der Waals surface area contributed by atoms with Gasteiger partial charge in [0.25, 0.3) is 0 Å². The van der Waals surface area contributed by atoms with E-state index in [1.165, 1.54) is 11.3 Å². The summed E-state index contributed by atoms with van der Waals surface area (Å²) in [5.74, 6) is 0.656. The van der Waals surface area contributed by atoms with Gasteiger partial charge in [-0.1, -0.05) is 6.07 Å². The van der Waals surface area contributed by atoms with E-state index in [1.807, 2.05) is 24.4 Å². The van der Waals surface area contributed by atoms with Gasteiger partial charge in [-0.3, -0.25) is 0 Å². The first kappa shape index (κ1) is 9.77. The Hall–Kier alpha value is -1.77. The van der Waals surface area contributed by atoms with Crippen molar-refractivity contribution >= 4 is 0 Å². The number of nitrogens with zero attached hydrogens (tertiary/aromatic N) is 2. The lowest BCUT2D eigenvalue weighted by Crippen LogP contribution is -2.00. The van der Waals surface area contributed by atoms with Crippen LogP contribution in [-0.4, -0.2) is 16.7 Å². The van der Waals surface area contributed by atoms with Crippen molar-refractivity contribution in [3.8, 4) is 5.88 Å². The van der Waals surface area contributed by atoms with E-state index in [2.05, 4.69) is 28.7 Å². The van der Waals surface area contributed by atoms with Gasteiger partial charge in [-0.2, -0.15) is 0 Å². The number of aromatic nitrogens is 2. The van der Waals surface area contributed by atoms with Crippen LogP contribution in [0.3, 0.4) is 0 Å². The first-order valence-electron chi connectivity index (χ1n) is 4.90. The maximum atomic E-state index is 5.01. The molecule has 0 aromatic carbocycles. The molecule has 2 aromatic heterocycles. The summed E-state index contributed by atoms with van der Waals surface area (Å²) >= 11 is 0. The van der Waals surface area contributed by atoms with Crippen LogP contribution in [0.4, 0.5) is 0 Å². The molecule has 0 amide bonds. The van der Waals surface area contributed by atoms with Crippen molar-refractivity contribution in [2.75, 3.05) is 7.11 Å². The lowest BCUT2D eigenvalue weighted by molar-refractivity contribution is 0.397. The molecule has 0 bridgehead atoms. The average Bonchev–Trinajstić information content (AvgIpc) is 2.66. The van der Waals surface area contributed by atoms with Crippen molar-refractivity contribution in [1.82, 2.24) is 9.55 Å².